The van der Waals surface area contributed by atoms with E-state index in [0.29, 0.717) is 29.0 Å². The molecule has 11 heteroatoms. The van der Waals surface area contributed by atoms with Crippen LogP contribution in [0.15, 0.2) is 66.7 Å². The molecule has 0 aliphatic carbocycles. The van der Waals surface area contributed by atoms with Gasteiger partial charge >= 0.3 is 5.97 Å². The van der Waals surface area contributed by atoms with Gasteiger partial charge in [0.1, 0.15) is 29.9 Å². The van der Waals surface area contributed by atoms with Crippen LogP contribution in [0.25, 0.3) is 22.3 Å². The van der Waals surface area contributed by atoms with E-state index >= 15 is 8.78 Å². The highest BCUT2D eigenvalue weighted by atomic mass is 19.1. The van der Waals surface area contributed by atoms with Gasteiger partial charge < -0.3 is 18.8 Å². The van der Waals surface area contributed by atoms with Crippen molar-refractivity contribution in [3.63, 3.8) is 0 Å². The number of rotatable bonds is 10. The number of benzene rings is 3. The Morgan fingerprint density at radius 3 is 2.48 bits per heavy atom. The molecule has 224 valence electrons. The topological polar surface area (TPSA) is 99.3 Å². The van der Waals surface area contributed by atoms with Crippen LogP contribution in [0.4, 0.5) is 13.2 Å². The fourth-order valence-electron chi connectivity index (χ4n) is 4.94. The minimum absolute atomic E-state index is 0.0357. The Morgan fingerprint density at radius 2 is 1.75 bits per heavy atom. The van der Waals surface area contributed by atoms with Crippen molar-refractivity contribution in [2.75, 3.05) is 20.8 Å². The van der Waals surface area contributed by atoms with Crippen molar-refractivity contribution in [3.05, 3.63) is 112 Å². The maximum Gasteiger partial charge on any atom is 0.337 e. The van der Waals surface area contributed by atoms with Gasteiger partial charge in [-0.2, -0.15) is 5.26 Å². The molecule has 0 N–H and O–H groups in total. The Bertz CT molecular complexity index is 1900. The van der Waals surface area contributed by atoms with Gasteiger partial charge in [-0.15, -0.1) is 0 Å². The second-order valence-corrected chi connectivity index (χ2v) is 10.1. The zero-order chi connectivity index (χ0) is 31.4. The van der Waals surface area contributed by atoms with E-state index in [1.54, 1.807) is 31.4 Å². The molecule has 2 heterocycles. The van der Waals surface area contributed by atoms with Crippen LogP contribution in [-0.4, -0.2) is 41.3 Å². The number of ether oxygens (including phenoxy) is 3. The van der Waals surface area contributed by atoms with Crippen LogP contribution in [0.1, 0.15) is 45.8 Å². The zero-order valence-corrected chi connectivity index (χ0v) is 24.1. The largest absolute Gasteiger partial charge is 0.473 e. The van der Waals surface area contributed by atoms with Gasteiger partial charge in [0, 0.05) is 30.7 Å². The molecule has 0 radical (unpaired) electrons. The van der Waals surface area contributed by atoms with Crippen LogP contribution in [0.3, 0.4) is 0 Å². The molecule has 2 aromatic heterocycles. The molecule has 1 atom stereocenters. The molecule has 0 saturated heterocycles. The summed E-state index contributed by atoms with van der Waals surface area (Å²) < 4.78 is 62.8. The van der Waals surface area contributed by atoms with E-state index in [9.17, 15) is 9.18 Å². The van der Waals surface area contributed by atoms with Crippen molar-refractivity contribution in [1.29, 1.82) is 5.26 Å². The maximum absolute atomic E-state index is 15.5. The van der Waals surface area contributed by atoms with Crippen molar-refractivity contribution >= 4 is 17.0 Å². The third-order valence-electron chi connectivity index (χ3n) is 7.07. The molecule has 5 aromatic rings. The van der Waals surface area contributed by atoms with Crippen LogP contribution in [0.5, 0.6) is 5.88 Å². The first-order valence-corrected chi connectivity index (χ1v) is 13.6. The Hall–Kier alpha value is -5.21. The second-order valence-electron chi connectivity index (χ2n) is 10.1. The van der Waals surface area contributed by atoms with Gasteiger partial charge in [-0.25, -0.2) is 27.9 Å². The molecule has 0 aliphatic heterocycles. The van der Waals surface area contributed by atoms with Crippen LogP contribution in [-0.2, 0) is 22.5 Å². The fraction of sp³-hybridized carbons (Fsp3) is 0.212. The summed E-state index contributed by atoms with van der Waals surface area (Å²) in [5.74, 6) is -1.93. The Morgan fingerprint density at radius 1 is 0.955 bits per heavy atom. The molecule has 3 aromatic carbocycles. The summed E-state index contributed by atoms with van der Waals surface area (Å²) in [7, 11) is 2.85. The highest BCUT2D eigenvalue weighted by Crippen LogP contribution is 2.29. The molecule has 0 aliphatic rings. The second kappa shape index (κ2) is 13.0. The summed E-state index contributed by atoms with van der Waals surface area (Å²) in [6.07, 6.45) is -0.0357. The van der Waals surface area contributed by atoms with E-state index in [1.165, 1.54) is 31.4 Å². The minimum Gasteiger partial charge on any atom is -0.473 e. The van der Waals surface area contributed by atoms with Gasteiger partial charge in [-0.1, -0.05) is 12.1 Å². The number of methoxy groups -OCH3 is 2. The summed E-state index contributed by atoms with van der Waals surface area (Å²) in [5, 5.41) is 8.91. The predicted molar refractivity (Wildman–Crippen MR) is 156 cm³/mol. The Balaban J connectivity index is 1.43. The maximum atomic E-state index is 15.5. The number of halogens is 3. The lowest BCUT2D eigenvalue weighted by Crippen LogP contribution is -2.15. The molecule has 44 heavy (non-hydrogen) atoms. The first kappa shape index (κ1) is 30.3. The van der Waals surface area contributed by atoms with Crippen LogP contribution in [0.2, 0.25) is 0 Å². The van der Waals surface area contributed by atoms with Gasteiger partial charge in [0.2, 0.25) is 5.88 Å². The van der Waals surface area contributed by atoms with Gasteiger partial charge in [0.25, 0.3) is 0 Å². The van der Waals surface area contributed by atoms with Crippen molar-refractivity contribution in [2.45, 2.75) is 26.0 Å². The molecule has 8 nitrogen and oxygen atoms in total. The smallest absolute Gasteiger partial charge is 0.337 e. The summed E-state index contributed by atoms with van der Waals surface area (Å²) in [4.78, 5) is 21.1. The van der Waals surface area contributed by atoms with E-state index < -0.39 is 23.4 Å². The van der Waals surface area contributed by atoms with Crippen LogP contribution in [0, 0.1) is 28.8 Å². The monoisotopic (exact) mass is 600 g/mol. The Kier molecular flexibility index (Phi) is 8.92. The molecule has 0 spiro atoms. The number of carbonyl (C=O) groups is 1. The molecular weight excluding hydrogens is 573 g/mol. The molecule has 5 rings (SSSR count). The standard InChI is InChI=1S/C33H27F3N4O4/c1-19(17-42-2)40-30-13-21(33(41)43-3)9-10-29(30)38-31(40)14-23-12-27(36)24(15-26(23)35)28-5-4-6-32(39-28)44-18-22-8-7-20(16-37)11-25(22)34/h4-13,15,19H,14,17-18H2,1-3H3/t19-/m1/s1. The number of hydrogen-bond acceptors (Lipinski definition) is 7. The molecule has 0 unspecified atom stereocenters. The van der Waals surface area contributed by atoms with Crippen molar-refractivity contribution in [2.24, 2.45) is 0 Å². The first-order chi connectivity index (χ1) is 21.2. The van der Waals surface area contributed by atoms with E-state index in [0.717, 1.165) is 18.2 Å². The summed E-state index contributed by atoms with van der Waals surface area (Å²) in [6, 6.07) is 17.3. The predicted octanol–water partition coefficient (Wildman–Crippen LogP) is 6.55. The number of nitrogens with zero attached hydrogens (tertiary/aromatic N) is 4. The lowest BCUT2D eigenvalue weighted by atomic mass is 10.0. The van der Waals surface area contributed by atoms with Crippen LogP contribution >= 0.6 is 0 Å². The summed E-state index contributed by atoms with van der Waals surface area (Å²) in [5.41, 5.74) is 2.06. The van der Waals surface area contributed by atoms with Gasteiger partial charge in [0.05, 0.1) is 53.7 Å². The lowest BCUT2D eigenvalue weighted by Gasteiger charge is -2.17. The lowest BCUT2D eigenvalue weighted by molar-refractivity contribution is 0.0601. The molecule has 0 saturated carbocycles. The number of hydrogen-bond donors (Lipinski definition) is 0. The first-order valence-electron chi connectivity index (χ1n) is 13.6. The van der Waals surface area contributed by atoms with Gasteiger partial charge in [-0.3, -0.25) is 0 Å². The highest BCUT2D eigenvalue weighted by molar-refractivity contribution is 5.93. The van der Waals surface area contributed by atoms with E-state index in [-0.39, 0.29) is 52.9 Å². The molecule has 0 amide bonds. The average molecular weight is 601 g/mol. The van der Waals surface area contributed by atoms with E-state index in [4.69, 9.17) is 19.5 Å². The number of imidazole rings is 1. The summed E-state index contributed by atoms with van der Waals surface area (Å²) in [6.45, 7) is 2.04. The zero-order valence-electron chi connectivity index (χ0n) is 24.1. The quantitative estimate of drug-likeness (QED) is 0.168. The number of fused-ring (bicyclic) bond motifs is 1. The number of aromatic nitrogens is 3. The Labute approximate surface area is 251 Å². The van der Waals surface area contributed by atoms with Crippen LogP contribution < -0.4 is 4.74 Å². The number of pyridine rings is 1. The number of carbonyl (C=O) groups excluding carboxylic acids is 1. The van der Waals surface area contributed by atoms with E-state index in [1.807, 2.05) is 17.6 Å². The molecular formula is C33H27F3N4O4. The SMILES string of the molecule is COC[C@@H](C)n1c(Cc2cc(F)c(-c3cccc(OCc4ccc(C#N)cc4F)n3)cc2F)nc2ccc(C(=O)OC)cc21. The highest BCUT2D eigenvalue weighted by Gasteiger charge is 2.21. The normalized spacial score (nSPS) is 11.8. The number of esters is 1. The fourth-order valence-corrected chi connectivity index (χ4v) is 4.94. The minimum atomic E-state index is -0.704. The van der Waals surface area contributed by atoms with Crippen molar-refractivity contribution < 1.29 is 32.2 Å². The van der Waals surface area contributed by atoms with Crippen molar-refractivity contribution in [1.82, 2.24) is 14.5 Å². The molecule has 0 bridgehead atoms. The average Bonchev–Trinajstić information content (AvgIpc) is 3.39. The van der Waals surface area contributed by atoms with E-state index in [2.05, 4.69) is 9.97 Å². The van der Waals surface area contributed by atoms with Crippen molar-refractivity contribution in [3.8, 4) is 23.2 Å². The molecule has 0 fully saturated rings. The number of nitriles is 1. The third kappa shape index (κ3) is 6.26. The van der Waals surface area contributed by atoms with Gasteiger partial charge in [-0.05, 0) is 61.0 Å². The third-order valence-corrected chi connectivity index (χ3v) is 7.07. The summed E-state index contributed by atoms with van der Waals surface area (Å²) >= 11 is 0. The van der Waals surface area contributed by atoms with Gasteiger partial charge in [0.15, 0.2) is 0 Å².